The highest BCUT2D eigenvalue weighted by atomic mass is 35.5. The minimum atomic E-state index is -0.591. The molecule has 0 radical (unpaired) electrons. The van der Waals surface area contributed by atoms with Gasteiger partial charge in [0, 0.05) is 50.8 Å². The zero-order chi connectivity index (χ0) is 23.5. The van der Waals surface area contributed by atoms with Crippen molar-refractivity contribution < 1.29 is 9.59 Å². The molecule has 8 heteroatoms. The number of halogens is 3. The van der Waals surface area contributed by atoms with Crippen LogP contribution in [0.15, 0.2) is 47.4 Å². The average Bonchev–Trinajstić information content (AvgIpc) is 2.77. The van der Waals surface area contributed by atoms with Gasteiger partial charge in [-0.2, -0.15) is 0 Å². The monoisotopic (exact) mass is 514 g/mol. The van der Waals surface area contributed by atoms with E-state index in [4.69, 9.17) is 34.8 Å². The number of nitrogens with one attached hydrogen (secondary N) is 1. The van der Waals surface area contributed by atoms with Gasteiger partial charge >= 0.3 is 0 Å². The molecule has 0 saturated carbocycles. The minimum Gasteiger partial charge on any atom is -0.354 e. The molecule has 2 rings (SSSR count). The Kier molecular flexibility index (Phi) is 11.7. The SMILES string of the molecule is CCCCNC(=O)[C@@H](CC)N(Cc1c(Cl)cccc1Cl)C(=O)CCSc1ccc(Cl)cc1. The molecule has 0 aliphatic carbocycles. The van der Waals surface area contributed by atoms with Gasteiger partial charge in [0.2, 0.25) is 11.8 Å². The highest BCUT2D eigenvalue weighted by molar-refractivity contribution is 7.99. The maximum atomic E-state index is 13.3. The van der Waals surface area contributed by atoms with E-state index in [2.05, 4.69) is 12.2 Å². The lowest BCUT2D eigenvalue weighted by atomic mass is 10.1. The number of thioether (sulfide) groups is 1. The van der Waals surface area contributed by atoms with Gasteiger partial charge in [-0.05, 0) is 49.2 Å². The van der Waals surface area contributed by atoms with Gasteiger partial charge in [0.1, 0.15) is 6.04 Å². The number of amides is 2. The van der Waals surface area contributed by atoms with Crippen molar-refractivity contribution in [1.82, 2.24) is 10.2 Å². The average molecular weight is 516 g/mol. The van der Waals surface area contributed by atoms with E-state index < -0.39 is 6.04 Å². The maximum Gasteiger partial charge on any atom is 0.242 e. The molecule has 1 N–H and O–H groups in total. The smallest absolute Gasteiger partial charge is 0.242 e. The fourth-order valence-electron chi connectivity index (χ4n) is 3.21. The summed E-state index contributed by atoms with van der Waals surface area (Å²) in [7, 11) is 0. The summed E-state index contributed by atoms with van der Waals surface area (Å²) in [5, 5.41) is 4.59. The lowest BCUT2D eigenvalue weighted by Gasteiger charge is -2.31. The van der Waals surface area contributed by atoms with Crippen LogP contribution in [-0.2, 0) is 16.1 Å². The highest BCUT2D eigenvalue weighted by Gasteiger charge is 2.29. The third-order valence-electron chi connectivity index (χ3n) is 5.00. The molecule has 0 spiro atoms. The number of carbonyl (C=O) groups excluding carboxylic acids is 2. The van der Waals surface area contributed by atoms with Crippen LogP contribution in [0.1, 0.15) is 45.1 Å². The molecule has 32 heavy (non-hydrogen) atoms. The van der Waals surface area contributed by atoms with Crippen molar-refractivity contribution >= 4 is 58.4 Å². The summed E-state index contributed by atoms with van der Waals surface area (Å²) in [6, 6.07) is 12.2. The van der Waals surface area contributed by atoms with Crippen LogP contribution in [-0.4, -0.2) is 35.1 Å². The zero-order valence-corrected chi connectivity index (χ0v) is 21.5. The van der Waals surface area contributed by atoms with Crippen molar-refractivity contribution in [2.45, 2.75) is 57.0 Å². The molecule has 0 unspecified atom stereocenters. The Morgan fingerprint density at radius 3 is 2.28 bits per heavy atom. The standard InChI is InChI=1S/C24H29Cl3N2O2S/c1-3-5-14-28-24(31)22(4-2)29(16-19-20(26)7-6-8-21(19)27)23(30)13-15-32-18-11-9-17(25)10-12-18/h6-12,22H,3-5,13-16H2,1-2H3,(H,28,31)/t22-/m1/s1. The quantitative estimate of drug-likeness (QED) is 0.248. The number of rotatable bonds is 12. The number of benzene rings is 2. The Morgan fingerprint density at radius 2 is 1.69 bits per heavy atom. The van der Waals surface area contributed by atoms with Crippen molar-refractivity contribution in [3.8, 4) is 0 Å². The van der Waals surface area contributed by atoms with Crippen molar-refractivity contribution in [2.75, 3.05) is 12.3 Å². The molecule has 1 atom stereocenters. The van der Waals surface area contributed by atoms with E-state index in [0.717, 1.165) is 17.7 Å². The van der Waals surface area contributed by atoms with E-state index in [0.29, 0.717) is 39.3 Å². The van der Waals surface area contributed by atoms with Gasteiger partial charge in [0.25, 0.3) is 0 Å². The summed E-state index contributed by atoms with van der Waals surface area (Å²) in [4.78, 5) is 28.8. The summed E-state index contributed by atoms with van der Waals surface area (Å²) in [6.45, 7) is 4.74. The summed E-state index contributed by atoms with van der Waals surface area (Å²) in [6.07, 6.45) is 2.66. The van der Waals surface area contributed by atoms with Crippen LogP contribution in [0.5, 0.6) is 0 Å². The van der Waals surface area contributed by atoms with Gasteiger partial charge in [-0.15, -0.1) is 11.8 Å². The molecular weight excluding hydrogens is 487 g/mol. The first-order valence-electron chi connectivity index (χ1n) is 10.8. The third-order valence-corrected chi connectivity index (χ3v) is 6.98. The van der Waals surface area contributed by atoms with Gasteiger partial charge in [0.05, 0.1) is 0 Å². The molecule has 0 bridgehead atoms. The second-order valence-corrected chi connectivity index (χ2v) is 9.76. The van der Waals surface area contributed by atoms with E-state index in [9.17, 15) is 9.59 Å². The second-order valence-electron chi connectivity index (χ2n) is 7.34. The predicted molar refractivity (Wildman–Crippen MR) is 136 cm³/mol. The molecule has 174 valence electrons. The first-order chi connectivity index (χ1) is 15.4. The highest BCUT2D eigenvalue weighted by Crippen LogP contribution is 2.28. The summed E-state index contributed by atoms with van der Waals surface area (Å²) in [5.74, 6) is 0.323. The van der Waals surface area contributed by atoms with Gasteiger partial charge in [0.15, 0.2) is 0 Å². The van der Waals surface area contributed by atoms with Gasteiger partial charge < -0.3 is 10.2 Å². The number of carbonyl (C=O) groups is 2. The van der Waals surface area contributed by atoms with Gasteiger partial charge in [-0.1, -0.05) is 61.1 Å². The zero-order valence-electron chi connectivity index (χ0n) is 18.4. The Balaban J connectivity index is 2.16. The third kappa shape index (κ3) is 8.18. The molecule has 0 saturated heterocycles. The molecule has 0 aliphatic rings. The van der Waals surface area contributed by atoms with Crippen molar-refractivity contribution in [1.29, 1.82) is 0 Å². The molecule has 4 nitrogen and oxygen atoms in total. The maximum absolute atomic E-state index is 13.3. The fourth-order valence-corrected chi connectivity index (χ4v) is 4.69. The lowest BCUT2D eigenvalue weighted by Crippen LogP contribution is -2.49. The predicted octanol–water partition coefficient (Wildman–Crippen LogP) is 6.85. The molecule has 0 heterocycles. The summed E-state index contributed by atoms with van der Waals surface area (Å²) in [5.41, 5.74) is 0.648. The second kappa shape index (κ2) is 14.0. The van der Waals surface area contributed by atoms with E-state index in [1.807, 2.05) is 31.2 Å². The van der Waals surface area contributed by atoms with E-state index in [1.54, 1.807) is 34.9 Å². The Labute approximate surface area is 210 Å². The molecular formula is C24H29Cl3N2O2S. The molecule has 2 aromatic carbocycles. The van der Waals surface area contributed by atoms with Crippen molar-refractivity contribution in [3.63, 3.8) is 0 Å². The Bertz CT molecular complexity index is 873. The number of unbranched alkanes of at least 4 members (excludes halogenated alkanes) is 1. The normalized spacial score (nSPS) is 11.8. The van der Waals surface area contributed by atoms with Crippen LogP contribution < -0.4 is 5.32 Å². The molecule has 2 aromatic rings. The van der Waals surface area contributed by atoms with Gasteiger partial charge in [-0.3, -0.25) is 9.59 Å². The first kappa shape index (κ1) is 26.8. The number of hydrogen-bond acceptors (Lipinski definition) is 3. The first-order valence-corrected chi connectivity index (χ1v) is 12.9. The van der Waals surface area contributed by atoms with Crippen LogP contribution in [0, 0.1) is 0 Å². The topological polar surface area (TPSA) is 49.4 Å². The Morgan fingerprint density at radius 1 is 1.03 bits per heavy atom. The molecule has 0 fully saturated rings. The number of hydrogen-bond donors (Lipinski definition) is 1. The number of nitrogens with zero attached hydrogens (tertiary/aromatic N) is 1. The fraction of sp³-hybridized carbons (Fsp3) is 0.417. The van der Waals surface area contributed by atoms with E-state index >= 15 is 0 Å². The van der Waals surface area contributed by atoms with Crippen molar-refractivity contribution in [3.05, 3.63) is 63.1 Å². The van der Waals surface area contributed by atoms with E-state index in [1.165, 1.54) is 0 Å². The molecule has 0 aliphatic heterocycles. The van der Waals surface area contributed by atoms with Crippen LogP contribution in [0.4, 0.5) is 0 Å². The van der Waals surface area contributed by atoms with Crippen molar-refractivity contribution in [2.24, 2.45) is 0 Å². The van der Waals surface area contributed by atoms with Crippen LogP contribution in [0.25, 0.3) is 0 Å². The summed E-state index contributed by atoms with van der Waals surface area (Å²) < 4.78 is 0. The Hall–Kier alpha value is -1.40. The lowest BCUT2D eigenvalue weighted by molar-refractivity contribution is -0.141. The summed E-state index contributed by atoms with van der Waals surface area (Å²) >= 11 is 20.2. The minimum absolute atomic E-state index is 0.111. The molecule has 0 aromatic heterocycles. The van der Waals surface area contributed by atoms with E-state index in [-0.39, 0.29) is 24.8 Å². The molecule has 2 amide bonds. The van der Waals surface area contributed by atoms with Crippen LogP contribution in [0.2, 0.25) is 15.1 Å². The largest absolute Gasteiger partial charge is 0.354 e. The van der Waals surface area contributed by atoms with Gasteiger partial charge in [-0.25, -0.2) is 0 Å². The van der Waals surface area contributed by atoms with Crippen LogP contribution in [0.3, 0.4) is 0 Å². The van der Waals surface area contributed by atoms with Crippen LogP contribution >= 0.6 is 46.6 Å².